The highest BCUT2D eigenvalue weighted by molar-refractivity contribution is 7.99. The van der Waals surface area contributed by atoms with Crippen LogP contribution in [0.1, 0.15) is 13.3 Å². The lowest BCUT2D eigenvalue weighted by atomic mass is 10.2. The number of nitrogens with one attached hydrogen (secondary N) is 1. The van der Waals surface area contributed by atoms with Crippen molar-refractivity contribution >= 4 is 40.6 Å². The Balaban J connectivity index is 1.82. The summed E-state index contributed by atoms with van der Waals surface area (Å²) in [6.45, 7) is 5.12. The molecular weight excluding hydrogens is 294 g/mol. The van der Waals surface area contributed by atoms with Gasteiger partial charge in [-0.3, -0.25) is 4.79 Å². The quantitative estimate of drug-likeness (QED) is 0.839. The first kappa shape index (κ1) is 15.5. The first-order chi connectivity index (χ1) is 9.54. The minimum absolute atomic E-state index is 0.0233. The van der Waals surface area contributed by atoms with E-state index >= 15 is 0 Å². The van der Waals surface area contributed by atoms with Gasteiger partial charge in [-0.25, -0.2) is 0 Å². The lowest BCUT2D eigenvalue weighted by Crippen LogP contribution is -2.38. The van der Waals surface area contributed by atoms with Gasteiger partial charge in [0.1, 0.15) is 0 Å². The molecule has 0 saturated carbocycles. The third-order valence-corrected chi connectivity index (χ3v) is 4.64. The largest absolute Gasteiger partial charge is 0.397 e. The minimum Gasteiger partial charge on any atom is -0.397 e. The van der Waals surface area contributed by atoms with Crippen LogP contribution in [0.2, 0.25) is 5.02 Å². The Morgan fingerprint density at radius 3 is 3.15 bits per heavy atom. The predicted octanol–water partition coefficient (Wildman–Crippen LogP) is 2.69. The van der Waals surface area contributed by atoms with Crippen molar-refractivity contribution in [1.82, 2.24) is 4.90 Å². The molecule has 1 unspecified atom stereocenters. The van der Waals surface area contributed by atoms with Crippen LogP contribution in [-0.4, -0.2) is 41.4 Å². The number of nitrogens with zero attached hydrogens (tertiary/aromatic N) is 1. The maximum absolute atomic E-state index is 12.0. The van der Waals surface area contributed by atoms with Gasteiger partial charge in [-0.2, -0.15) is 11.8 Å². The van der Waals surface area contributed by atoms with Gasteiger partial charge < -0.3 is 16.0 Å². The molecule has 1 saturated heterocycles. The van der Waals surface area contributed by atoms with Gasteiger partial charge in [0.15, 0.2) is 0 Å². The van der Waals surface area contributed by atoms with Crippen molar-refractivity contribution < 1.29 is 4.79 Å². The zero-order chi connectivity index (χ0) is 14.5. The maximum atomic E-state index is 12.0. The van der Waals surface area contributed by atoms with Crippen LogP contribution in [0.25, 0.3) is 0 Å². The van der Waals surface area contributed by atoms with E-state index in [4.69, 9.17) is 17.3 Å². The van der Waals surface area contributed by atoms with Crippen molar-refractivity contribution in [2.45, 2.75) is 18.6 Å². The van der Waals surface area contributed by atoms with Crippen molar-refractivity contribution in [3.63, 3.8) is 0 Å². The van der Waals surface area contributed by atoms with Gasteiger partial charge in [0, 0.05) is 42.1 Å². The number of thioether (sulfide) groups is 1. The van der Waals surface area contributed by atoms with Crippen LogP contribution in [0.4, 0.5) is 11.4 Å². The second-order valence-electron chi connectivity index (χ2n) is 5.01. The first-order valence-corrected chi connectivity index (χ1v) is 8.16. The number of carbonyl (C=O) groups excluding carboxylic acids is 1. The molecule has 110 valence electrons. The van der Waals surface area contributed by atoms with Crippen molar-refractivity contribution in [2.75, 3.05) is 36.4 Å². The van der Waals surface area contributed by atoms with Crippen LogP contribution in [0, 0.1) is 0 Å². The smallest absolute Gasteiger partial charge is 0.225 e. The van der Waals surface area contributed by atoms with E-state index in [9.17, 15) is 4.79 Å². The van der Waals surface area contributed by atoms with Crippen molar-refractivity contribution in [3.8, 4) is 0 Å². The molecule has 1 fully saturated rings. The van der Waals surface area contributed by atoms with Gasteiger partial charge in [-0.15, -0.1) is 0 Å². The molecule has 0 aliphatic carbocycles. The summed E-state index contributed by atoms with van der Waals surface area (Å²) in [5.74, 6) is 1.12. The normalized spacial score (nSPS) is 19.8. The Kier molecular flexibility index (Phi) is 5.57. The minimum atomic E-state index is -0.0233. The number of nitrogen functional groups attached to an aromatic ring is 1. The number of nitrogens with two attached hydrogens (primary N) is 1. The molecule has 1 heterocycles. The van der Waals surface area contributed by atoms with Crippen LogP contribution >= 0.6 is 23.4 Å². The fourth-order valence-electron chi connectivity index (χ4n) is 2.20. The Morgan fingerprint density at radius 2 is 2.40 bits per heavy atom. The topological polar surface area (TPSA) is 58.4 Å². The first-order valence-electron chi connectivity index (χ1n) is 6.73. The lowest BCUT2D eigenvalue weighted by molar-refractivity contribution is -0.116. The van der Waals surface area contributed by atoms with Crippen LogP contribution in [0.5, 0.6) is 0 Å². The number of rotatable bonds is 4. The second-order valence-corrected chi connectivity index (χ2v) is 6.99. The van der Waals surface area contributed by atoms with E-state index in [0.29, 0.717) is 28.1 Å². The number of anilines is 2. The average Bonchev–Trinajstić information content (AvgIpc) is 2.41. The summed E-state index contributed by atoms with van der Waals surface area (Å²) in [6, 6.07) is 5.08. The number of halogens is 1. The lowest BCUT2D eigenvalue weighted by Gasteiger charge is -2.30. The van der Waals surface area contributed by atoms with Gasteiger partial charge in [-0.1, -0.05) is 18.5 Å². The van der Waals surface area contributed by atoms with Gasteiger partial charge >= 0.3 is 0 Å². The average molecular weight is 314 g/mol. The number of carbonyl (C=O) groups is 1. The van der Waals surface area contributed by atoms with Crippen LogP contribution in [-0.2, 0) is 4.79 Å². The molecule has 1 atom stereocenters. The van der Waals surface area contributed by atoms with Crippen molar-refractivity contribution in [1.29, 1.82) is 0 Å². The molecule has 0 bridgehead atoms. The van der Waals surface area contributed by atoms with Gasteiger partial charge in [0.05, 0.1) is 11.4 Å². The molecule has 0 spiro atoms. The van der Waals surface area contributed by atoms with Gasteiger partial charge in [-0.05, 0) is 18.2 Å². The third kappa shape index (κ3) is 4.58. The molecule has 1 amide bonds. The summed E-state index contributed by atoms with van der Waals surface area (Å²) in [5.41, 5.74) is 6.93. The SMILES string of the molecule is CC1CN(CCC(=O)Nc2cc(Cl)ccc2N)CCS1. The van der Waals surface area contributed by atoms with E-state index < -0.39 is 0 Å². The number of amides is 1. The summed E-state index contributed by atoms with van der Waals surface area (Å²) in [7, 11) is 0. The summed E-state index contributed by atoms with van der Waals surface area (Å²) in [5, 5.41) is 4.04. The monoisotopic (exact) mass is 313 g/mol. The van der Waals surface area contributed by atoms with E-state index in [1.807, 2.05) is 11.8 Å². The van der Waals surface area contributed by atoms with E-state index in [1.165, 1.54) is 0 Å². The summed E-state index contributed by atoms with van der Waals surface area (Å²) in [6.07, 6.45) is 0.476. The molecule has 1 aromatic rings. The zero-order valence-electron chi connectivity index (χ0n) is 11.6. The Bertz CT molecular complexity index is 483. The highest BCUT2D eigenvalue weighted by Gasteiger charge is 2.17. The van der Waals surface area contributed by atoms with E-state index in [2.05, 4.69) is 17.1 Å². The molecule has 1 aromatic carbocycles. The maximum Gasteiger partial charge on any atom is 0.225 e. The fourth-order valence-corrected chi connectivity index (χ4v) is 3.46. The highest BCUT2D eigenvalue weighted by Crippen LogP contribution is 2.23. The summed E-state index contributed by atoms with van der Waals surface area (Å²) in [4.78, 5) is 14.3. The van der Waals surface area contributed by atoms with Gasteiger partial charge in [0.2, 0.25) is 5.91 Å². The van der Waals surface area contributed by atoms with Crippen molar-refractivity contribution in [2.24, 2.45) is 0 Å². The van der Waals surface area contributed by atoms with E-state index in [1.54, 1.807) is 18.2 Å². The number of hydrogen-bond donors (Lipinski definition) is 2. The zero-order valence-corrected chi connectivity index (χ0v) is 13.1. The molecule has 2 rings (SSSR count). The Hall–Kier alpha value is -0.910. The van der Waals surface area contributed by atoms with Crippen LogP contribution in [0.15, 0.2) is 18.2 Å². The molecular formula is C14H20ClN3OS. The highest BCUT2D eigenvalue weighted by atomic mass is 35.5. The summed E-state index contributed by atoms with van der Waals surface area (Å²) < 4.78 is 0. The molecule has 0 aromatic heterocycles. The molecule has 3 N–H and O–H groups in total. The molecule has 20 heavy (non-hydrogen) atoms. The Morgan fingerprint density at radius 1 is 1.60 bits per heavy atom. The van der Waals surface area contributed by atoms with E-state index in [-0.39, 0.29) is 5.91 Å². The molecule has 4 nitrogen and oxygen atoms in total. The van der Waals surface area contributed by atoms with Crippen LogP contribution in [0.3, 0.4) is 0 Å². The number of benzene rings is 1. The molecule has 1 aliphatic rings. The van der Waals surface area contributed by atoms with Gasteiger partial charge in [0.25, 0.3) is 0 Å². The summed E-state index contributed by atoms with van der Waals surface area (Å²) >= 11 is 7.89. The predicted molar refractivity (Wildman–Crippen MR) is 87.5 cm³/mol. The second kappa shape index (κ2) is 7.20. The fraction of sp³-hybridized carbons (Fsp3) is 0.500. The number of hydrogen-bond acceptors (Lipinski definition) is 4. The van der Waals surface area contributed by atoms with E-state index in [0.717, 1.165) is 25.4 Å². The molecule has 0 radical (unpaired) electrons. The Labute approximate surface area is 129 Å². The third-order valence-electron chi connectivity index (χ3n) is 3.27. The van der Waals surface area contributed by atoms with Crippen molar-refractivity contribution in [3.05, 3.63) is 23.2 Å². The molecule has 1 aliphatic heterocycles. The standard InChI is InChI=1S/C14H20ClN3OS/c1-10-9-18(6-7-20-10)5-4-14(19)17-13-8-11(15)2-3-12(13)16/h2-3,8,10H,4-7,9,16H2,1H3,(H,17,19). The molecule has 6 heteroatoms. The van der Waals surface area contributed by atoms with Crippen LogP contribution < -0.4 is 11.1 Å².